The molecule has 1 amide bonds. The quantitative estimate of drug-likeness (QED) is 0.350. The van der Waals surface area contributed by atoms with Crippen LogP contribution in [0.4, 0.5) is 5.69 Å². The number of amides is 1. The van der Waals surface area contributed by atoms with E-state index in [4.69, 9.17) is 0 Å². The van der Waals surface area contributed by atoms with Crippen LogP contribution in [0.15, 0.2) is 29.8 Å². The summed E-state index contributed by atoms with van der Waals surface area (Å²) >= 11 is 0. The maximum Gasteiger partial charge on any atom is 0.246 e. The van der Waals surface area contributed by atoms with E-state index in [0.717, 1.165) is 17.2 Å². The third kappa shape index (κ3) is 5.47. The number of rotatable bonds is 5. The van der Waals surface area contributed by atoms with Gasteiger partial charge >= 0.3 is 0 Å². The molecule has 160 valence electrons. The summed E-state index contributed by atoms with van der Waals surface area (Å²) in [5.74, 6) is 0.772. The molecule has 0 radical (unpaired) electrons. The molecule has 11 heteroatoms. The predicted octanol–water partition coefficient (Wildman–Crippen LogP) is 0.299. The first-order valence-electron chi connectivity index (χ1n) is 9.28. The van der Waals surface area contributed by atoms with E-state index in [9.17, 15) is 4.79 Å². The van der Waals surface area contributed by atoms with Gasteiger partial charge in [-0.25, -0.2) is 0 Å². The minimum Gasteiger partial charge on any atom is -0.354 e. The van der Waals surface area contributed by atoms with Crippen LogP contribution >= 0.6 is 24.0 Å². The molecule has 1 atom stereocenters. The van der Waals surface area contributed by atoms with Crippen molar-refractivity contribution in [2.24, 2.45) is 19.1 Å². The van der Waals surface area contributed by atoms with Crippen LogP contribution in [-0.4, -0.2) is 88.5 Å². The molecule has 0 bridgehead atoms. The molecule has 2 aromatic rings. The van der Waals surface area contributed by atoms with Crippen LogP contribution in [-0.2, 0) is 18.9 Å². The van der Waals surface area contributed by atoms with E-state index in [1.54, 1.807) is 27.5 Å². The van der Waals surface area contributed by atoms with Gasteiger partial charge in [0.1, 0.15) is 6.54 Å². The van der Waals surface area contributed by atoms with E-state index in [2.05, 4.69) is 25.4 Å². The molecule has 0 aliphatic carbocycles. The Bertz CT molecular complexity index is 844. The Morgan fingerprint density at radius 1 is 1.21 bits per heavy atom. The van der Waals surface area contributed by atoms with Gasteiger partial charge in [0, 0.05) is 58.7 Å². The zero-order valence-corrected chi connectivity index (χ0v) is 19.9. The first-order chi connectivity index (χ1) is 13.4. The summed E-state index contributed by atoms with van der Waals surface area (Å²) in [5.41, 5.74) is 1.97. The van der Waals surface area contributed by atoms with Gasteiger partial charge in [0.15, 0.2) is 5.96 Å². The SMILES string of the molecule is CN=C(NCC(c1cnn(C)c1)N(C)C)N1CCN(c2cnn(C)c2)C(=O)C1.I. The van der Waals surface area contributed by atoms with Gasteiger partial charge in [-0.1, -0.05) is 0 Å². The van der Waals surface area contributed by atoms with E-state index in [0.29, 0.717) is 19.6 Å². The van der Waals surface area contributed by atoms with Crippen molar-refractivity contribution in [3.63, 3.8) is 0 Å². The second-order valence-electron chi connectivity index (χ2n) is 7.19. The molecule has 1 aliphatic rings. The van der Waals surface area contributed by atoms with E-state index in [1.807, 2.05) is 51.7 Å². The van der Waals surface area contributed by atoms with Crippen molar-refractivity contribution in [3.05, 3.63) is 30.4 Å². The molecule has 1 N–H and O–H groups in total. The zero-order chi connectivity index (χ0) is 20.3. The van der Waals surface area contributed by atoms with E-state index >= 15 is 0 Å². The number of carbonyl (C=O) groups excluding carboxylic acids is 1. The lowest BCUT2D eigenvalue weighted by atomic mass is 10.1. The minimum atomic E-state index is 0. The minimum absolute atomic E-state index is 0. The Balaban J connectivity index is 0.00000300. The molecule has 2 aromatic heterocycles. The number of carbonyl (C=O) groups is 1. The van der Waals surface area contributed by atoms with Gasteiger partial charge in [-0.15, -0.1) is 24.0 Å². The highest BCUT2D eigenvalue weighted by Gasteiger charge is 2.28. The summed E-state index contributed by atoms with van der Waals surface area (Å²) in [5, 5.41) is 11.8. The normalized spacial score (nSPS) is 16.2. The molecule has 10 nitrogen and oxygen atoms in total. The summed E-state index contributed by atoms with van der Waals surface area (Å²) in [6.07, 6.45) is 7.48. The smallest absolute Gasteiger partial charge is 0.246 e. The number of nitrogens with one attached hydrogen (secondary N) is 1. The molecule has 0 aromatic carbocycles. The van der Waals surface area contributed by atoms with Crippen LogP contribution in [0.25, 0.3) is 0 Å². The maximum atomic E-state index is 12.7. The number of halogens is 1. The Morgan fingerprint density at radius 3 is 2.41 bits per heavy atom. The number of aromatic nitrogens is 4. The van der Waals surface area contributed by atoms with Crippen molar-refractivity contribution in [1.29, 1.82) is 0 Å². The number of guanidine groups is 1. The molecule has 1 fully saturated rings. The fourth-order valence-corrected chi connectivity index (χ4v) is 3.41. The van der Waals surface area contributed by atoms with Crippen molar-refractivity contribution in [2.75, 3.05) is 52.2 Å². The van der Waals surface area contributed by atoms with E-state index in [1.165, 1.54) is 0 Å². The van der Waals surface area contributed by atoms with Crippen molar-refractivity contribution >= 4 is 41.5 Å². The van der Waals surface area contributed by atoms with Crippen LogP contribution in [0, 0.1) is 0 Å². The van der Waals surface area contributed by atoms with Gasteiger partial charge in [-0.2, -0.15) is 10.2 Å². The molecule has 1 aliphatic heterocycles. The number of aliphatic imine (C=N–C) groups is 1. The molecule has 3 heterocycles. The van der Waals surface area contributed by atoms with Gasteiger partial charge in [-0.05, 0) is 14.1 Å². The largest absolute Gasteiger partial charge is 0.354 e. The van der Waals surface area contributed by atoms with Crippen molar-refractivity contribution < 1.29 is 4.79 Å². The van der Waals surface area contributed by atoms with Gasteiger partial charge in [-0.3, -0.25) is 19.2 Å². The lowest BCUT2D eigenvalue weighted by Gasteiger charge is -2.36. The number of anilines is 1. The monoisotopic (exact) mass is 515 g/mol. The van der Waals surface area contributed by atoms with Crippen LogP contribution in [0.3, 0.4) is 0 Å². The van der Waals surface area contributed by atoms with Gasteiger partial charge < -0.3 is 20.0 Å². The van der Waals surface area contributed by atoms with Crippen LogP contribution in [0.5, 0.6) is 0 Å². The third-order valence-electron chi connectivity index (χ3n) is 4.92. The molecular weight excluding hydrogens is 485 g/mol. The van der Waals surface area contributed by atoms with E-state index in [-0.39, 0.29) is 42.5 Å². The molecule has 3 rings (SSSR count). The van der Waals surface area contributed by atoms with E-state index < -0.39 is 0 Å². The topological polar surface area (TPSA) is 86.8 Å². The van der Waals surface area contributed by atoms with Crippen LogP contribution in [0.1, 0.15) is 11.6 Å². The van der Waals surface area contributed by atoms with Gasteiger partial charge in [0.2, 0.25) is 5.91 Å². The standard InChI is InChI=1S/C18H29N9O.HI/c1-19-18(20-10-16(23(2)3)14-8-21-24(4)11-14)26-6-7-27(17(28)13-26)15-9-22-25(5)12-15;/h8-9,11-12,16H,6-7,10,13H2,1-5H3,(H,19,20);1H. The summed E-state index contributed by atoms with van der Waals surface area (Å²) in [4.78, 5) is 22.9. The Hall–Kier alpha value is -2.15. The molecule has 1 saturated heterocycles. The number of hydrogen-bond donors (Lipinski definition) is 1. The Labute approximate surface area is 188 Å². The zero-order valence-electron chi connectivity index (χ0n) is 17.6. The number of piperazine rings is 1. The second-order valence-corrected chi connectivity index (χ2v) is 7.19. The second kappa shape index (κ2) is 10.1. The fourth-order valence-electron chi connectivity index (χ4n) is 3.41. The van der Waals surface area contributed by atoms with Crippen molar-refractivity contribution in [1.82, 2.24) is 34.7 Å². The molecular formula is C18H30IN9O. The summed E-state index contributed by atoms with van der Waals surface area (Å²) < 4.78 is 3.51. The summed E-state index contributed by atoms with van der Waals surface area (Å²) in [6.45, 7) is 2.27. The molecule has 0 saturated carbocycles. The maximum absolute atomic E-state index is 12.7. The molecule has 29 heavy (non-hydrogen) atoms. The average molecular weight is 515 g/mol. The number of likely N-dealkylation sites (N-methyl/N-ethyl adjacent to an activating group) is 1. The van der Waals surface area contributed by atoms with Crippen LogP contribution in [0.2, 0.25) is 0 Å². The first kappa shape index (κ1) is 23.1. The highest BCUT2D eigenvalue weighted by atomic mass is 127. The Kier molecular flexibility index (Phi) is 8.02. The predicted molar refractivity (Wildman–Crippen MR) is 124 cm³/mol. The van der Waals surface area contributed by atoms with Crippen LogP contribution < -0.4 is 10.2 Å². The number of nitrogens with zero attached hydrogens (tertiary/aromatic N) is 8. The molecule has 0 spiro atoms. The van der Waals surface area contributed by atoms with Gasteiger partial charge in [0.25, 0.3) is 0 Å². The van der Waals surface area contributed by atoms with Crippen molar-refractivity contribution in [3.8, 4) is 0 Å². The number of hydrogen-bond acceptors (Lipinski definition) is 5. The number of aryl methyl sites for hydroxylation is 2. The lowest BCUT2D eigenvalue weighted by molar-refractivity contribution is -0.120. The van der Waals surface area contributed by atoms with Gasteiger partial charge in [0.05, 0.1) is 24.1 Å². The average Bonchev–Trinajstić information content (AvgIpc) is 3.27. The molecule has 1 unspecified atom stereocenters. The highest BCUT2D eigenvalue weighted by molar-refractivity contribution is 14.0. The van der Waals surface area contributed by atoms with Crippen molar-refractivity contribution in [2.45, 2.75) is 6.04 Å². The summed E-state index contributed by atoms with van der Waals surface area (Å²) in [7, 11) is 9.58. The highest BCUT2D eigenvalue weighted by Crippen LogP contribution is 2.18. The lowest BCUT2D eigenvalue weighted by Crippen LogP contribution is -2.56. The third-order valence-corrected chi connectivity index (χ3v) is 4.92. The first-order valence-corrected chi connectivity index (χ1v) is 9.28. The fraction of sp³-hybridized carbons (Fsp3) is 0.556. The Morgan fingerprint density at radius 2 is 1.90 bits per heavy atom. The summed E-state index contributed by atoms with van der Waals surface area (Å²) in [6, 6.07) is 0.151.